The zero-order valence-corrected chi connectivity index (χ0v) is 14.9. The SMILES string of the molecule is CC1CCN(CC2=[N+](CC(N)=O)C3C(=O)N(C)C(=O)N(C)C3=N2)CC1. The summed E-state index contributed by atoms with van der Waals surface area (Å²) >= 11 is 0. The number of likely N-dealkylation sites (tertiary alicyclic amines) is 1. The Morgan fingerprint density at radius 3 is 2.48 bits per heavy atom. The molecule has 3 aliphatic heterocycles. The Morgan fingerprint density at radius 1 is 1.24 bits per heavy atom. The summed E-state index contributed by atoms with van der Waals surface area (Å²) in [6.07, 6.45) is 2.23. The molecule has 0 aromatic rings. The van der Waals surface area contributed by atoms with E-state index in [1.807, 2.05) is 0 Å². The van der Waals surface area contributed by atoms with Crippen molar-refractivity contribution in [2.24, 2.45) is 16.6 Å². The lowest BCUT2D eigenvalue weighted by Crippen LogP contribution is -2.62. The van der Waals surface area contributed by atoms with Crippen molar-refractivity contribution in [3.8, 4) is 0 Å². The van der Waals surface area contributed by atoms with E-state index in [4.69, 9.17) is 5.73 Å². The standard InChI is InChI=1S/C16H24N6O3/c1-10-4-6-21(7-5-10)9-12-18-14-13(22(12)8-11(17)23)15(24)20(3)16(25)19(14)2/h10,13H,4-9H2,1-3H3,(H-,17,23)/p+1. The molecule has 0 aliphatic carbocycles. The van der Waals surface area contributed by atoms with Crippen LogP contribution in [0, 0.1) is 5.92 Å². The number of hydrogen-bond acceptors (Lipinski definition) is 5. The first-order valence-corrected chi connectivity index (χ1v) is 8.56. The van der Waals surface area contributed by atoms with E-state index in [0.29, 0.717) is 24.1 Å². The molecule has 0 aromatic heterocycles. The molecule has 0 radical (unpaired) electrons. The molecule has 0 spiro atoms. The van der Waals surface area contributed by atoms with Crippen LogP contribution in [0.15, 0.2) is 4.99 Å². The fraction of sp³-hybridized carbons (Fsp3) is 0.688. The number of rotatable bonds is 4. The van der Waals surface area contributed by atoms with Gasteiger partial charge in [0, 0.05) is 14.1 Å². The lowest BCUT2D eigenvalue weighted by molar-refractivity contribution is -0.525. The second-order valence-electron chi connectivity index (χ2n) is 7.08. The van der Waals surface area contributed by atoms with Gasteiger partial charge in [-0.15, -0.1) is 0 Å². The predicted octanol–water partition coefficient (Wildman–Crippen LogP) is -1.08. The van der Waals surface area contributed by atoms with Crippen molar-refractivity contribution in [1.82, 2.24) is 14.7 Å². The average Bonchev–Trinajstić information content (AvgIpc) is 2.91. The van der Waals surface area contributed by atoms with E-state index in [0.717, 1.165) is 30.8 Å². The fourth-order valence-electron chi connectivity index (χ4n) is 3.55. The molecule has 0 bridgehead atoms. The van der Waals surface area contributed by atoms with Gasteiger partial charge in [-0.2, -0.15) is 0 Å². The van der Waals surface area contributed by atoms with Crippen LogP contribution in [0.4, 0.5) is 4.79 Å². The van der Waals surface area contributed by atoms with Gasteiger partial charge in [0.2, 0.25) is 0 Å². The van der Waals surface area contributed by atoms with E-state index in [-0.39, 0.29) is 12.5 Å². The molecule has 4 amide bonds. The first-order valence-electron chi connectivity index (χ1n) is 8.56. The number of likely N-dealkylation sites (N-methyl/N-ethyl adjacent to an activating group) is 2. The molecule has 2 N–H and O–H groups in total. The summed E-state index contributed by atoms with van der Waals surface area (Å²) in [6, 6.07) is -1.19. The summed E-state index contributed by atoms with van der Waals surface area (Å²) < 4.78 is 1.64. The zero-order valence-electron chi connectivity index (χ0n) is 14.9. The Balaban J connectivity index is 1.91. The van der Waals surface area contributed by atoms with E-state index >= 15 is 0 Å². The number of urea groups is 1. The zero-order chi connectivity index (χ0) is 18.3. The molecule has 1 atom stereocenters. The molecule has 2 fully saturated rings. The molecule has 1 unspecified atom stereocenters. The number of hydrogen-bond donors (Lipinski definition) is 1. The van der Waals surface area contributed by atoms with E-state index in [2.05, 4.69) is 16.8 Å². The van der Waals surface area contributed by atoms with E-state index < -0.39 is 18.0 Å². The number of fused-ring (bicyclic) bond motifs is 1. The van der Waals surface area contributed by atoms with Gasteiger partial charge < -0.3 is 5.73 Å². The molecule has 3 aliphatic rings. The minimum Gasteiger partial charge on any atom is -0.366 e. The van der Waals surface area contributed by atoms with Gasteiger partial charge in [0.25, 0.3) is 23.7 Å². The van der Waals surface area contributed by atoms with E-state index in [1.54, 1.807) is 11.6 Å². The van der Waals surface area contributed by atoms with Crippen LogP contribution in [0.25, 0.3) is 0 Å². The lowest BCUT2D eigenvalue weighted by atomic mass is 9.99. The number of aliphatic imine (C=N–C) groups is 1. The maximum Gasteiger partial charge on any atom is 0.333 e. The molecule has 2 saturated heterocycles. The summed E-state index contributed by atoms with van der Waals surface area (Å²) in [5.74, 6) is 0.785. The number of amides is 4. The van der Waals surface area contributed by atoms with Gasteiger partial charge in [0.05, 0.1) is 0 Å². The van der Waals surface area contributed by atoms with Crippen molar-refractivity contribution < 1.29 is 19.0 Å². The van der Waals surface area contributed by atoms with Crippen LogP contribution in [-0.4, -0.2) is 95.1 Å². The molecule has 25 heavy (non-hydrogen) atoms. The van der Waals surface area contributed by atoms with E-state index in [9.17, 15) is 14.4 Å². The molecular weight excluding hydrogens is 324 g/mol. The Hall–Kier alpha value is -2.29. The molecule has 3 rings (SSSR count). The Kier molecular flexibility index (Phi) is 4.59. The van der Waals surface area contributed by atoms with Crippen molar-refractivity contribution in [3.63, 3.8) is 0 Å². The number of piperidine rings is 1. The van der Waals surface area contributed by atoms with Crippen LogP contribution in [0.5, 0.6) is 0 Å². The van der Waals surface area contributed by atoms with E-state index in [1.165, 1.54) is 11.9 Å². The number of carbonyl (C=O) groups is 3. The normalized spacial score (nSPS) is 25.6. The Bertz CT molecular complexity index is 677. The summed E-state index contributed by atoms with van der Waals surface area (Å²) in [6.45, 7) is 4.58. The molecule has 0 saturated carbocycles. The number of imide groups is 1. The summed E-state index contributed by atoms with van der Waals surface area (Å²) in [7, 11) is 3.02. The lowest BCUT2D eigenvalue weighted by Gasteiger charge is -2.30. The highest BCUT2D eigenvalue weighted by Gasteiger charge is 2.53. The van der Waals surface area contributed by atoms with Gasteiger partial charge in [-0.25, -0.2) is 9.37 Å². The summed E-state index contributed by atoms with van der Waals surface area (Å²) in [5, 5.41) is 0. The molecule has 9 nitrogen and oxygen atoms in total. The van der Waals surface area contributed by atoms with Crippen LogP contribution in [0.1, 0.15) is 19.8 Å². The minimum absolute atomic E-state index is 0.0984. The first kappa shape index (κ1) is 17.5. The minimum atomic E-state index is -0.765. The molecular formula is C16H25N6O3+. The van der Waals surface area contributed by atoms with Gasteiger partial charge in [-0.1, -0.05) is 6.92 Å². The quantitative estimate of drug-likeness (QED) is 0.652. The third-order valence-corrected chi connectivity index (χ3v) is 5.18. The van der Waals surface area contributed by atoms with Crippen LogP contribution in [0.2, 0.25) is 0 Å². The van der Waals surface area contributed by atoms with Crippen molar-refractivity contribution >= 4 is 29.5 Å². The van der Waals surface area contributed by atoms with Crippen LogP contribution in [0.3, 0.4) is 0 Å². The second-order valence-corrected chi connectivity index (χ2v) is 7.08. The first-order chi connectivity index (χ1) is 11.8. The second kappa shape index (κ2) is 6.55. The Morgan fingerprint density at radius 2 is 1.88 bits per heavy atom. The molecule has 3 heterocycles. The van der Waals surface area contributed by atoms with Gasteiger partial charge in [-0.05, 0) is 36.8 Å². The van der Waals surface area contributed by atoms with Crippen LogP contribution in [-0.2, 0) is 9.59 Å². The fourth-order valence-corrected chi connectivity index (χ4v) is 3.55. The van der Waals surface area contributed by atoms with Crippen molar-refractivity contribution in [2.75, 3.05) is 40.3 Å². The highest BCUT2D eigenvalue weighted by atomic mass is 16.2. The highest BCUT2D eigenvalue weighted by Crippen LogP contribution is 2.21. The number of carbonyl (C=O) groups excluding carboxylic acids is 3. The highest BCUT2D eigenvalue weighted by molar-refractivity contribution is 6.23. The Labute approximate surface area is 146 Å². The number of nitrogens with zero attached hydrogens (tertiary/aromatic N) is 5. The smallest absolute Gasteiger partial charge is 0.333 e. The maximum absolute atomic E-state index is 12.6. The third-order valence-electron chi connectivity index (χ3n) is 5.18. The van der Waals surface area contributed by atoms with Crippen molar-refractivity contribution in [1.29, 1.82) is 0 Å². The van der Waals surface area contributed by atoms with Gasteiger partial charge in [-0.3, -0.25) is 24.3 Å². The van der Waals surface area contributed by atoms with Crippen molar-refractivity contribution in [3.05, 3.63) is 0 Å². The topological polar surface area (TPSA) is 102 Å². The number of nitrogens with two attached hydrogens (primary N) is 1. The van der Waals surface area contributed by atoms with Gasteiger partial charge in [0.15, 0.2) is 6.54 Å². The summed E-state index contributed by atoms with van der Waals surface area (Å²) in [5.41, 5.74) is 5.39. The maximum atomic E-state index is 12.6. The number of amidine groups is 2. The molecule has 136 valence electrons. The molecule has 9 heteroatoms. The van der Waals surface area contributed by atoms with Gasteiger partial charge in [0.1, 0.15) is 6.54 Å². The number of primary amides is 1. The van der Waals surface area contributed by atoms with Crippen molar-refractivity contribution in [2.45, 2.75) is 25.8 Å². The summed E-state index contributed by atoms with van der Waals surface area (Å²) in [4.78, 5) is 45.5. The third kappa shape index (κ3) is 3.15. The largest absolute Gasteiger partial charge is 0.366 e. The van der Waals surface area contributed by atoms with Crippen LogP contribution >= 0.6 is 0 Å². The van der Waals surface area contributed by atoms with Gasteiger partial charge >= 0.3 is 11.9 Å². The average molecular weight is 349 g/mol. The molecule has 0 aromatic carbocycles. The predicted molar refractivity (Wildman–Crippen MR) is 91.3 cm³/mol. The monoisotopic (exact) mass is 349 g/mol. The van der Waals surface area contributed by atoms with Crippen LogP contribution < -0.4 is 5.73 Å².